The van der Waals surface area contributed by atoms with Gasteiger partial charge in [-0.05, 0) is 55.9 Å². The lowest BCUT2D eigenvalue weighted by atomic mass is 10.0. The average Bonchev–Trinajstić information content (AvgIpc) is 3.36. The molecule has 5 rings (SSSR count). The quantitative estimate of drug-likeness (QED) is 0.592. The number of pyridine rings is 1. The molecule has 0 spiro atoms. The van der Waals surface area contributed by atoms with Gasteiger partial charge in [-0.3, -0.25) is 9.36 Å². The van der Waals surface area contributed by atoms with Gasteiger partial charge < -0.3 is 15.3 Å². The molecule has 3 unspecified atom stereocenters. The molecule has 1 aliphatic carbocycles. The van der Waals surface area contributed by atoms with Crippen molar-refractivity contribution >= 4 is 28.5 Å². The Bertz CT molecular complexity index is 1310. The maximum absolute atomic E-state index is 13.5. The van der Waals surface area contributed by atoms with E-state index in [4.69, 9.17) is 4.98 Å². The molecule has 9 heteroatoms. The maximum Gasteiger partial charge on any atom is 0.356 e. The summed E-state index contributed by atoms with van der Waals surface area (Å²) in [5, 5.41) is 13.0. The Hall–Kier alpha value is -3.49. The first kappa shape index (κ1) is 20.4. The first-order chi connectivity index (χ1) is 15.2. The van der Waals surface area contributed by atoms with E-state index in [1.54, 1.807) is 11.6 Å². The number of piperidine rings is 1. The minimum Gasteiger partial charge on any atom is -0.476 e. The second-order valence-electron chi connectivity index (χ2n) is 8.89. The third-order valence-corrected chi connectivity index (χ3v) is 6.49. The highest BCUT2D eigenvalue weighted by Crippen LogP contribution is 2.46. The fourth-order valence-corrected chi connectivity index (χ4v) is 4.74. The summed E-state index contributed by atoms with van der Waals surface area (Å²) in [6.07, 6.45) is 1.25. The van der Waals surface area contributed by atoms with Gasteiger partial charge in [-0.2, -0.15) is 4.39 Å². The van der Waals surface area contributed by atoms with E-state index in [1.807, 2.05) is 26.0 Å². The van der Waals surface area contributed by atoms with Gasteiger partial charge in [0.1, 0.15) is 0 Å². The number of halogens is 1. The van der Waals surface area contributed by atoms with E-state index in [0.717, 1.165) is 30.3 Å². The van der Waals surface area contributed by atoms with Crippen molar-refractivity contribution < 1.29 is 14.3 Å². The van der Waals surface area contributed by atoms with E-state index in [0.29, 0.717) is 28.7 Å². The van der Waals surface area contributed by atoms with Gasteiger partial charge in [-0.15, -0.1) is 0 Å². The number of nitrogens with one attached hydrogen (secondary N) is 1. The monoisotopic (exact) mass is 437 g/mol. The number of carboxylic acid groups (broad SMARTS) is 1. The van der Waals surface area contributed by atoms with E-state index >= 15 is 0 Å². The molecule has 3 atom stereocenters. The lowest BCUT2D eigenvalue weighted by molar-refractivity contribution is 0.0690. The third kappa shape index (κ3) is 3.37. The predicted molar refractivity (Wildman–Crippen MR) is 119 cm³/mol. The maximum atomic E-state index is 13.5. The molecule has 1 saturated heterocycles. The van der Waals surface area contributed by atoms with Crippen LogP contribution in [0.3, 0.4) is 0 Å². The molecule has 3 heterocycles. The Kier molecular flexibility index (Phi) is 4.65. The number of hydrogen-bond acceptors (Lipinski definition) is 6. The highest BCUT2D eigenvalue weighted by Gasteiger charge is 2.46. The number of benzene rings is 1. The molecule has 2 N–H and O–H groups in total. The van der Waals surface area contributed by atoms with Crippen LogP contribution in [0.15, 0.2) is 29.1 Å². The number of rotatable bonds is 5. The zero-order chi connectivity index (χ0) is 22.7. The van der Waals surface area contributed by atoms with E-state index in [-0.39, 0.29) is 11.2 Å². The zero-order valence-electron chi connectivity index (χ0n) is 18.1. The number of aromatic carboxylic acids is 1. The average molecular weight is 437 g/mol. The number of aryl methyl sites for hydroxylation is 1. The second-order valence-corrected chi connectivity index (χ2v) is 8.89. The minimum absolute atomic E-state index is 0.114. The SMILES string of the molecule is Cc1cc(C(C)Nc2ccc(F)nc2C(=O)O)c2nc(N3CC4CC4C3)n(C)c(=O)c2c1. The van der Waals surface area contributed by atoms with Gasteiger partial charge in [0.25, 0.3) is 5.56 Å². The smallest absolute Gasteiger partial charge is 0.356 e. The molecular weight excluding hydrogens is 413 g/mol. The van der Waals surface area contributed by atoms with Crippen molar-refractivity contribution in [2.24, 2.45) is 18.9 Å². The molecule has 166 valence electrons. The van der Waals surface area contributed by atoms with Crippen LogP contribution in [0, 0.1) is 24.7 Å². The van der Waals surface area contributed by atoms with Crippen LogP contribution in [0.5, 0.6) is 0 Å². The van der Waals surface area contributed by atoms with Gasteiger partial charge in [0.15, 0.2) is 5.69 Å². The molecule has 32 heavy (non-hydrogen) atoms. The van der Waals surface area contributed by atoms with E-state index in [1.165, 1.54) is 12.5 Å². The lowest BCUT2D eigenvalue weighted by Crippen LogP contribution is -2.31. The molecule has 1 aromatic carbocycles. The minimum atomic E-state index is -1.32. The normalized spacial score (nSPS) is 20.3. The van der Waals surface area contributed by atoms with Crippen molar-refractivity contribution in [3.05, 3.63) is 57.4 Å². The zero-order valence-corrected chi connectivity index (χ0v) is 18.1. The van der Waals surface area contributed by atoms with Crippen LogP contribution in [-0.4, -0.2) is 38.7 Å². The summed E-state index contributed by atoms with van der Waals surface area (Å²) in [7, 11) is 1.75. The topological polar surface area (TPSA) is 100 Å². The fraction of sp³-hybridized carbons (Fsp3) is 0.391. The summed E-state index contributed by atoms with van der Waals surface area (Å²) in [4.78, 5) is 35.3. The summed E-state index contributed by atoms with van der Waals surface area (Å²) in [5.41, 5.74) is 1.94. The fourth-order valence-electron chi connectivity index (χ4n) is 4.74. The van der Waals surface area contributed by atoms with Gasteiger partial charge in [0, 0.05) is 25.7 Å². The Balaban J connectivity index is 1.60. The van der Waals surface area contributed by atoms with E-state index < -0.39 is 23.7 Å². The molecule has 0 bridgehead atoms. The summed E-state index contributed by atoms with van der Waals surface area (Å²) < 4.78 is 15.1. The number of carbonyl (C=O) groups is 1. The van der Waals surface area contributed by atoms with E-state index in [9.17, 15) is 19.1 Å². The first-order valence-electron chi connectivity index (χ1n) is 10.7. The Morgan fingerprint density at radius 2 is 1.97 bits per heavy atom. The van der Waals surface area contributed by atoms with Crippen molar-refractivity contribution in [2.75, 3.05) is 23.3 Å². The van der Waals surface area contributed by atoms with Crippen LogP contribution in [0.25, 0.3) is 10.9 Å². The van der Waals surface area contributed by atoms with Crippen LogP contribution in [0.4, 0.5) is 16.0 Å². The number of anilines is 2. The Labute approximate surface area is 183 Å². The van der Waals surface area contributed by atoms with Crippen LogP contribution in [0.1, 0.15) is 41.0 Å². The van der Waals surface area contributed by atoms with Crippen molar-refractivity contribution in [3.63, 3.8) is 0 Å². The molecule has 0 radical (unpaired) electrons. The summed E-state index contributed by atoms with van der Waals surface area (Å²) in [6, 6.07) is 5.83. The molecule has 0 amide bonds. The Morgan fingerprint density at radius 1 is 1.25 bits per heavy atom. The number of aromatic nitrogens is 3. The first-order valence-corrected chi connectivity index (χ1v) is 10.7. The van der Waals surface area contributed by atoms with Crippen molar-refractivity contribution in [1.82, 2.24) is 14.5 Å². The molecule has 3 aromatic rings. The van der Waals surface area contributed by atoms with Gasteiger partial charge in [-0.1, -0.05) is 6.07 Å². The molecule has 2 aliphatic rings. The highest BCUT2D eigenvalue weighted by atomic mass is 19.1. The number of nitrogens with zero attached hydrogens (tertiary/aromatic N) is 4. The van der Waals surface area contributed by atoms with Gasteiger partial charge in [0.2, 0.25) is 11.9 Å². The predicted octanol–water partition coefficient (Wildman–Crippen LogP) is 3.10. The Morgan fingerprint density at radius 3 is 2.66 bits per heavy atom. The van der Waals surface area contributed by atoms with Crippen molar-refractivity contribution in [1.29, 1.82) is 0 Å². The van der Waals surface area contributed by atoms with Gasteiger partial charge >= 0.3 is 5.97 Å². The lowest BCUT2D eigenvalue weighted by Gasteiger charge is -2.24. The van der Waals surface area contributed by atoms with Gasteiger partial charge in [-0.25, -0.2) is 14.8 Å². The summed E-state index contributed by atoms with van der Waals surface area (Å²) >= 11 is 0. The third-order valence-electron chi connectivity index (χ3n) is 6.49. The number of fused-ring (bicyclic) bond motifs is 2. The second kappa shape index (κ2) is 7.29. The molecule has 2 aromatic heterocycles. The van der Waals surface area contributed by atoms with Crippen LogP contribution in [-0.2, 0) is 7.05 Å². The van der Waals surface area contributed by atoms with Crippen LogP contribution < -0.4 is 15.8 Å². The number of hydrogen-bond donors (Lipinski definition) is 2. The van der Waals surface area contributed by atoms with Crippen LogP contribution >= 0.6 is 0 Å². The molecule has 2 fully saturated rings. The van der Waals surface area contributed by atoms with Crippen molar-refractivity contribution in [3.8, 4) is 0 Å². The standard InChI is InChI=1S/C23H24FN5O3/c1-11-6-15(12(2)25-17-4-5-18(24)26-20(17)22(31)32)19-16(7-11)21(30)28(3)23(27-19)29-9-13-8-14(13)10-29/h4-7,12-14,25H,8-10H2,1-3H3,(H,31,32). The van der Waals surface area contributed by atoms with Crippen LogP contribution in [0.2, 0.25) is 0 Å². The summed E-state index contributed by atoms with van der Waals surface area (Å²) in [6.45, 7) is 5.58. The largest absolute Gasteiger partial charge is 0.476 e. The van der Waals surface area contributed by atoms with Gasteiger partial charge in [0.05, 0.1) is 22.6 Å². The highest BCUT2D eigenvalue weighted by molar-refractivity contribution is 5.92. The van der Waals surface area contributed by atoms with Crippen molar-refractivity contribution in [2.45, 2.75) is 26.3 Å². The molecule has 1 saturated carbocycles. The summed E-state index contributed by atoms with van der Waals surface area (Å²) in [5.74, 6) is -0.140. The number of carboxylic acids is 1. The van der Waals surface area contributed by atoms with E-state index in [2.05, 4.69) is 15.2 Å². The molecule has 1 aliphatic heterocycles. The molecule has 8 nitrogen and oxygen atoms in total. The molecular formula is C23H24FN5O3.